The van der Waals surface area contributed by atoms with Gasteiger partial charge in [0.25, 0.3) is 5.91 Å². The minimum atomic E-state index is -0.0567. The number of nitrogens with one attached hydrogen (secondary N) is 1. The fraction of sp³-hybridized carbons (Fsp3) is 0.652. The van der Waals surface area contributed by atoms with E-state index in [1.54, 1.807) is 0 Å². The first kappa shape index (κ1) is 20.7. The molecular weight excluding hydrogens is 352 g/mol. The summed E-state index contributed by atoms with van der Waals surface area (Å²) in [6.45, 7) is 8.57. The molecule has 0 radical (unpaired) electrons. The second kappa shape index (κ2) is 9.44. The Kier molecular flexibility index (Phi) is 6.97. The van der Waals surface area contributed by atoms with E-state index in [0.717, 1.165) is 62.9 Å². The molecule has 5 nitrogen and oxygen atoms in total. The van der Waals surface area contributed by atoms with Crippen molar-refractivity contribution < 1.29 is 14.3 Å². The summed E-state index contributed by atoms with van der Waals surface area (Å²) in [6.07, 6.45) is 5.71. The normalized spacial score (nSPS) is 18.9. The van der Waals surface area contributed by atoms with Crippen LogP contribution < -0.4 is 10.1 Å². The summed E-state index contributed by atoms with van der Waals surface area (Å²) in [5.74, 6) is 1.57. The summed E-state index contributed by atoms with van der Waals surface area (Å²) in [7, 11) is 0. The van der Waals surface area contributed by atoms with Crippen molar-refractivity contribution in [2.75, 3.05) is 19.7 Å². The van der Waals surface area contributed by atoms with Crippen molar-refractivity contribution >= 4 is 11.8 Å². The Morgan fingerprint density at radius 2 is 2.00 bits per heavy atom. The molecule has 28 heavy (non-hydrogen) atoms. The largest absolute Gasteiger partial charge is 0.492 e. The smallest absolute Gasteiger partial charge is 0.255 e. The van der Waals surface area contributed by atoms with Crippen molar-refractivity contribution in [3.05, 3.63) is 29.3 Å². The lowest BCUT2D eigenvalue weighted by molar-refractivity contribution is -0.137. The average molecular weight is 387 g/mol. The van der Waals surface area contributed by atoms with E-state index in [2.05, 4.69) is 26.1 Å². The lowest BCUT2D eigenvalue weighted by Gasteiger charge is -2.36. The van der Waals surface area contributed by atoms with Crippen LogP contribution in [0.2, 0.25) is 0 Å². The summed E-state index contributed by atoms with van der Waals surface area (Å²) in [4.78, 5) is 27.5. The standard InChI is InChI=1S/C23H34N2O3/c1-4-7-17(5-2)23(27)25-13-10-18(11-14-25)16(3)24-22(26)20-9-6-8-19-12-15-28-21(19)20/h6,8-9,16-18H,4-5,7,10-15H2,1-3H3,(H,24,26)/t16-,17?/m1/s1. The summed E-state index contributed by atoms with van der Waals surface area (Å²) in [6, 6.07) is 5.88. The van der Waals surface area contributed by atoms with Crippen LogP contribution >= 0.6 is 0 Å². The highest BCUT2D eigenvalue weighted by Gasteiger charge is 2.30. The Morgan fingerprint density at radius 1 is 1.25 bits per heavy atom. The summed E-state index contributed by atoms with van der Waals surface area (Å²) < 4.78 is 5.67. The van der Waals surface area contributed by atoms with Crippen molar-refractivity contribution in [3.8, 4) is 5.75 Å². The van der Waals surface area contributed by atoms with Gasteiger partial charge in [0.15, 0.2) is 0 Å². The van der Waals surface area contributed by atoms with Gasteiger partial charge in [-0.15, -0.1) is 0 Å². The number of para-hydroxylation sites is 1. The molecule has 0 bridgehead atoms. The number of amides is 2. The molecule has 2 aliphatic heterocycles. The van der Waals surface area contributed by atoms with Crippen LogP contribution in [0.1, 0.15) is 68.8 Å². The predicted octanol–water partition coefficient (Wildman–Crippen LogP) is 3.80. The minimum Gasteiger partial charge on any atom is -0.492 e. The van der Waals surface area contributed by atoms with Crippen LogP contribution in [0, 0.1) is 11.8 Å². The molecular formula is C23H34N2O3. The number of fused-ring (bicyclic) bond motifs is 1. The highest BCUT2D eigenvalue weighted by molar-refractivity contribution is 5.97. The number of carbonyl (C=O) groups is 2. The lowest BCUT2D eigenvalue weighted by atomic mass is 9.89. The van der Waals surface area contributed by atoms with Gasteiger partial charge in [-0.3, -0.25) is 9.59 Å². The Labute approximate surface area is 168 Å². The Balaban J connectivity index is 1.53. The Bertz CT molecular complexity index is 695. The zero-order chi connectivity index (χ0) is 20.1. The summed E-state index contributed by atoms with van der Waals surface area (Å²) in [5, 5.41) is 3.17. The van der Waals surface area contributed by atoms with Crippen molar-refractivity contribution in [2.24, 2.45) is 11.8 Å². The maximum absolute atomic E-state index is 12.8. The van der Waals surface area contributed by atoms with E-state index in [4.69, 9.17) is 4.74 Å². The number of hydrogen-bond acceptors (Lipinski definition) is 3. The zero-order valence-corrected chi connectivity index (χ0v) is 17.5. The van der Waals surface area contributed by atoms with Crippen LogP contribution in [0.25, 0.3) is 0 Å². The molecule has 1 unspecified atom stereocenters. The number of carbonyl (C=O) groups excluding carboxylic acids is 2. The Morgan fingerprint density at radius 3 is 2.68 bits per heavy atom. The number of likely N-dealkylation sites (tertiary alicyclic amines) is 1. The minimum absolute atomic E-state index is 0.0567. The molecule has 1 N–H and O–H groups in total. The molecule has 2 amide bonds. The third kappa shape index (κ3) is 4.50. The molecule has 1 aromatic carbocycles. The van der Waals surface area contributed by atoms with Gasteiger partial charge in [-0.25, -0.2) is 0 Å². The molecule has 0 spiro atoms. The number of piperidine rings is 1. The quantitative estimate of drug-likeness (QED) is 0.775. The molecule has 3 rings (SSSR count). The van der Waals surface area contributed by atoms with Crippen LogP contribution in [0.3, 0.4) is 0 Å². The number of rotatable bonds is 7. The molecule has 0 aliphatic carbocycles. The van der Waals surface area contributed by atoms with E-state index in [-0.39, 0.29) is 17.9 Å². The Hall–Kier alpha value is -2.04. The monoisotopic (exact) mass is 386 g/mol. The fourth-order valence-electron chi connectivity index (χ4n) is 4.53. The van der Waals surface area contributed by atoms with E-state index in [0.29, 0.717) is 24.0 Å². The van der Waals surface area contributed by atoms with Gasteiger partial charge >= 0.3 is 0 Å². The molecule has 2 atom stereocenters. The summed E-state index contributed by atoms with van der Waals surface area (Å²) in [5.41, 5.74) is 1.75. The van der Waals surface area contributed by atoms with Gasteiger partial charge in [-0.1, -0.05) is 32.4 Å². The van der Waals surface area contributed by atoms with Gasteiger partial charge in [-0.2, -0.15) is 0 Å². The van der Waals surface area contributed by atoms with Crippen LogP contribution in [-0.4, -0.2) is 42.5 Å². The number of ether oxygens (including phenoxy) is 1. The SMILES string of the molecule is CCCC(CC)C(=O)N1CCC([C@@H](C)NC(=O)c2cccc3c2OCC3)CC1. The van der Waals surface area contributed by atoms with Crippen LogP contribution in [0.4, 0.5) is 0 Å². The van der Waals surface area contributed by atoms with Gasteiger partial charge in [0.1, 0.15) is 5.75 Å². The first-order valence-corrected chi connectivity index (χ1v) is 10.9. The van der Waals surface area contributed by atoms with E-state index in [9.17, 15) is 9.59 Å². The van der Waals surface area contributed by atoms with E-state index < -0.39 is 0 Å². The maximum atomic E-state index is 12.8. The van der Waals surface area contributed by atoms with E-state index in [1.165, 1.54) is 0 Å². The van der Waals surface area contributed by atoms with E-state index in [1.807, 2.05) is 23.1 Å². The fourth-order valence-corrected chi connectivity index (χ4v) is 4.53. The molecule has 5 heteroatoms. The molecule has 1 fully saturated rings. The molecule has 2 aliphatic rings. The topological polar surface area (TPSA) is 58.6 Å². The first-order chi connectivity index (χ1) is 13.5. The predicted molar refractivity (Wildman–Crippen MR) is 111 cm³/mol. The van der Waals surface area contributed by atoms with Crippen molar-refractivity contribution in [2.45, 2.75) is 65.3 Å². The average Bonchev–Trinajstić information content (AvgIpc) is 3.20. The zero-order valence-electron chi connectivity index (χ0n) is 17.5. The second-order valence-electron chi connectivity index (χ2n) is 8.21. The first-order valence-electron chi connectivity index (χ1n) is 10.9. The number of hydrogen-bond donors (Lipinski definition) is 1. The third-order valence-corrected chi connectivity index (χ3v) is 6.36. The van der Waals surface area contributed by atoms with E-state index >= 15 is 0 Å². The van der Waals surface area contributed by atoms with Crippen molar-refractivity contribution in [1.82, 2.24) is 10.2 Å². The molecule has 1 saturated heterocycles. The molecule has 0 saturated carbocycles. The van der Waals surface area contributed by atoms with Gasteiger partial charge in [0.2, 0.25) is 5.91 Å². The number of benzene rings is 1. The van der Waals surface area contributed by atoms with Gasteiger partial charge in [-0.05, 0) is 50.2 Å². The summed E-state index contributed by atoms with van der Waals surface area (Å²) >= 11 is 0. The second-order valence-corrected chi connectivity index (χ2v) is 8.21. The third-order valence-electron chi connectivity index (χ3n) is 6.36. The van der Waals surface area contributed by atoms with Crippen molar-refractivity contribution in [1.29, 1.82) is 0 Å². The van der Waals surface area contributed by atoms with Crippen molar-refractivity contribution in [3.63, 3.8) is 0 Å². The van der Waals surface area contributed by atoms with Gasteiger partial charge in [0.05, 0.1) is 12.2 Å². The highest BCUT2D eigenvalue weighted by Crippen LogP contribution is 2.30. The molecule has 154 valence electrons. The molecule has 2 heterocycles. The van der Waals surface area contributed by atoms with Crippen LogP contribution in [0.15, 0.2) is 18.2 Å². The van der Waals surface area contributed by atoms with Crippen LogP contribution in [-0.2, 0) is 11.2 Å². The number of nitrogens with zero attached hydrogens (tertiary/aromatic N) is 1. The van der Waals surface area contributed by atoms with Gasteiger partial charge < -0.3 is 15.0 Å². The highest BCUT2D eigenvalue weighted by atomic mass is 16.5. The lowest BCUT2D eigenvalue weighted by Crippen LogP contribution is -2.47. The van der Waals surface area contributed by atoms with Crippen LogP contribution in [0.5, 0.6) is 5.75 Å². The van der Waals surface area contributed by atoms with Gasteiger partial charge in [0, 0.05) is 31.5 Å². The molecule has 1 aromatic rings. The molecule has 0 aromatic heterocycles. The maximum Gasteiger partial charge on any atom is 0.255 e.